The van der Waals surface area contributed by atoms with Crippen molar-refractivity contribution in [2.24, 2.45) is 5.73 Å². The van der Waals surface area contributed by atoms with Crippen molar-refractivity contribution in [2.75, 3.05) is 6.54 Å². The van der Waals surface area contributed by atoms with Crippen LogP contribution in [0.25, 0.3) is 0 Å². The minimum absolute atomic E-state index is 0.135. The molecule has 1 saturated carbocycles. The van der Waals surface area contributed by atoms with Gasteiger partial charge in [-0.1, -0.05) is 0 Å². The minimum atomic E-state index is -0.580. The summed E-state index contributed by atoms with van der Waals surface area (Å²) in [7, 11) is 0. The predicted octanol–water partition coefficient (Wildman–Crippen LogP) is -0.881. The van der Waals surface area contributed by atoms with E-state index in [1.807, 2.05) is 0 Å². The molecule has 0 heterocycles. The Balaban J connectivity index is 2.05. The molecule has 0 aromatic heterocycles. The molecule has 1 atom stereocenters. The van der Waals surface area contributed by atoms with Crippen LogP contribution in [0.15, 0.2) is 0 Å². The van der Waals surface area contributed by atoms with E-state index in [4.69, 9.17) is 5.73 Å². The fourth-order valence-electron chi connectivity index (χ4n) is 1.06. The second-order valence-electron chi connectivity index (χ2n) is 3.67. The van der Waals surface area contributed by atoms with Crippen molar-refractivity contribution in [1.29, 1.82) is 0 Å². The molecule has 80 valence electrons. The van der Waals surface area contributed by atoms with Crippen molar-refractivity contribution in [1.82, 2.24) is 10.6 Å². The lowest BCUT2D eigenvalue weighted by Gasteiger charge is -2.09. The molecule has 4 N–H and O–H groups in total. The van der Waals surface area contributed by atoms with Crippen LogP contribution >= 0.6 is 0 Å². The lowest BCUT2D eigenvalue weighted by molar-refractivity contribution is -0.126. The van der Waals surface area contributed by atoms with E-state index >= 15 is 0 Å². The molecule has 0 saturated heterocycles. The molecule has 1 aliphatic rings. The Labute approximate surface area is 83.4 Å². The zero-order chi connectivity index (χ0) is 10.6. The predicted molar refractivity (Wildman–Crippen MR) is 52.4 cm³/mol. The van der Waals surface area contributed by atoms with Crippen LogP contribution in [0.2, 0.25) is 0 Å². The largest absolute Gasteiger partial charge is 0.368 e. The van der Waals surface area contributed by atoms with E-state index in [-0.39, 0.29) is 5.91 Å². The summed E-state index contributed by atoms with van der Waals surface area (Å²) in [5, 5.41) is 5.73. The number of amides is 2. The molecule has 5 heteroatoms. The molecule has 1 aliphatic carbocycles. The summed E-state index contributed by atoms with van der Waals surface area (Å²) in [4.78, 5) is 21.8. The van der Waals surface area contributed by atoms with Gasteiger partial charge in [-0.3, -0.25) is 9.59 Å². The van der Waals surface area contributed by atoms with E-state index in [2.05, 4.69) is 10.6 Å². The van der Waals surface area contributed by atoms with Crippen LogP contribution in [0.3, 0.4) is 0 Å². The molecular formula is C9H17N3O2. The Morgan fingerprint density at radius 3 is 2.64 bits per heavy atom. The minimum Gasteiger partial charge on any atom is -0.368 e. The SMILES string of the molecule is CC(NC(=O)CCNC1CC1)C(N)=O. The van der Waals surface area contributed by atoms with Gasteiger partial charge in [-0.15, -0.1) is 0 Å². The molecule has 14 heavy (non-hydrogen) atoms. The van der Waals surface area contributed by atoms with Crippen LogP contribution in [-0.2, 0) is 9.59 Å². The standard InChI is InChI=1S/C9H17N3O2/c1-6(9(10)14)12-8(13)4-5-11-7-2-3-7/h6-7,11H,2-5H2,1H3,(H2,10,14)(H,12,13). The van der Waals surface area contributed by atoms with Gasteiger partial charge in [0.25, 0.3) is 0 Å². The summed E-state index contributed by atoms with van der Waals surface area (Å²) in [5.41, 5.74) is 5.00. The zero-order valence-electron chi connectivity index (χ0n) is 8.38. The van der Waals surface area contributed by atoms with Crippen molar-refractivity contribution in [3.05, 3.63) is 0 Å². The average Bonchev–Trinajstić information content (AvgIpc) is 2.87. The summed E-state index contributed by atoms with van der Waals surface area (Å²) in [6.07, 6.45) is 2.81. The summed E-state index contributed by atoms with van der Waals surface area (Å²) >= 11 is 0. The first-order valence-electron chi connectivity index (χ1n) is 4.91. The van der Waals surface area contributed by atoms with Gasteiger partial charge in [0.1, 0.15) is 6.04 Å². The first-order chi connectivity index (χ1) is 6.59. The highest BCUT2D eigenvalue weighted by molar-refractivity contribution is 5.86. The Kier molecular flexibility index (Phi) is 3.88. The number of carbonyl (C=O) groups is 2. The third-order valence-electron chi connectivity index (χ3n) is 2.17. The van der Waals surface area contributed by atoms with Crippen molar-refractivity contribution < 1.29 is 9.59 Å². The third kappa shape index (κ3) is 4.23. The Morgan fingerprint density at radius 1 is 1.50 bits per heavy atom. The van der Waals surface area contributed by atoms with Gasteiger partial charge in [0, 0.05) is 19.0 Å². The second-order valence-corrected chi connectivity index (χ2v) is 3.67. The number of nitrogens with two attached hydrogens (primary N) is 1. The molecular weight excluding hydrogens is 182 g/mol. The van der Waals surface area contributed by atoms with Crippen LogP contribution in [0.5, 0.6) is 0 Å². The molecule has 5 nitrogen and oxygen atoms in total. The third-order valence-corrected chi connectivity index (χ3v) is 2.17. The molecule has 1 rings (SSSR count). The van der Waals surface area contributed by atoms with Gasteiger partial charge in [0.05, 0.1) is 0 Å². The molecule has 2 amide bonds. The molecule has 0 aromatic rings. The normalized spacial score (nSPS) is 17.5. The summed E-state index contributed by atoms with van der Waals surface area (Å²) in [6, 6.07) is 0.0276. The lowest BCUT2D eigenvalue weighted by Crippen LogP contribution is -2.42. The van der Waals surface area contributed by atoms with E-state index in [0.29, 0.717) is 19.0 Å². The topological polar surface area (TPSA) is 84.2 Å². The van der Waals surface area contributed by atoms with Crippen LogP contribution in [-0.4, -0.2) is 30.4 Å². The quantitative estimate of drug-likeness (QED) is 0.519. The number of hydrogen-bond acceptors (Lipinski definition) is 3. The maximum absolute atomic E-state index is 11.2. The Bertz CT molecular complexity index is 226. The number of nitrogens with one attached hydrogen (secondary N) is 2. The van der Waals surface area contributed by atoms with E-state index in [1.54, 1.807) is 6.92 Å². The van der Waals surface area contributed by atoms with Gasteiger partial charge >= 0.3 is 0 Å². The molecule has 0 aliphatic heterocycles. The lowest BCUT2D eigenvalue weighted by atomic mass is 10.3. The van der Waals surface area contributed by atoms with Gasteiger partial charge in [0.2, 0.25) is 11.8 Å². The smallest absolute Gasteiger partial charge is 0.239 e. The van der Waals surface area contributed by atoms with Crippen LogP contribution in [0.4, 0.5) is 0 Å². The van der Waals surface area contributed by atoms with Crippen LogP contribution in [0, 0.1) is 0 Å². The highest BCUT2D eigenvalue weighted by atomic mass is 16.2. The molecule has 0 radical (unpaired) electrons. The summed E-state index contributed by atoms with van der Waals surface area (Å²) in [5.74, 6) is -0.641. The summed E-state index contributed by atoms with van der Waals surface area (Å²) in [6.45, 7) is 2.25. The van der Waals surface area contributed by atoms with Crippen LogP contribution in [0.1, 0.15) is 26.2 Å². The number of carbonyl (C=O) groups excluding carboxylic acids is 2. The Morgan fingerprint density at radius 2 is 2.14 bits per heavy atom. The molecule has 1 unspecified atom stereocenters. The van der Waals surface area contributed by atoms with E-state index in [9.17, 15) is 9.59 Å². The first kappa shape index (κ1) is 11.0. The van der Waals surface area contributed by atoms with Crippen molar-refractivity contribution in [2.45, 2.75) is 38.3 Å². The number of hydrogen-bond donors (Lipinski definition) is 3. The molecule has 0 bridgehead atoms. The van der Waals surface area contributed by atoms with E-state index in [0.717, 1.165) is 0 Å². The van der Waals surface area contributed by atoms with Gasteiger partial charge in [-0.25, -0.2) is 0 Å². The second kappa shape index (κ2) is 4.95. The van der Waals surface area contributed by atoms with Crippen molar-refractivity contribution in [3.8, 4) is 0 Å². The fraction of sp³-hybridized carbons (Fsp3) is 0.778. The highest BCUT2D eigenvalue weighted by Crippen LogP contribution is 2.18. The maximum Gasteiger partial charge on any atom is 0.239 e. The fourth-order valence-corrected chi connectivity index (χ4v) is 1.06. The molecule has 1 fully saturated rings. The van der Waals surface area contributed by atoms with Crippen molar-refractivity contribution >= 4 is 11.8 Å². The molecule has 0 aromatic carbocycles. The number of rotatable bonds is 6. The number of primary amides is 1. The van der Waals surface area contributed by atoms with Gasteiger partial charge in [0.15, 0.2) is 0 Å². The Hall–Kier alpha value is -1.10. The molecule has 0 spiro atoms. The first-order valence-corrected chi connectivity index (χ1v) is 4.91. The van der Waals surface area contributed by atoms with Gasteiger partial charge in [-0.2, -0.15) is 0 Å². The monoisotopic (exact) mass is 199 g/mol. The summed E-state index contributed by atoms with van der Waals surface area (Å²) < 4.78 is 0. The highest BCUT2D eigenvalue weighted by Gasteiger charge is 2.20. The van der Waals surface area contributed by atoms with Crippen molar-refractivity contribution in [3.63, 3.8) is 0 Å². The van der Waals surface area contributed by atoms with E-state index in [1.165, 1.54) is 12.8 Å². The van der Waals surface area contributed by atoms with Gasteiger partial charge < -0.3 is 16.4 Å². The maximum atomic E-state index is 11.2. The van der Waals surface area contributed by atoms with Gasteiger partial charge in [-0.05, 0) is 19.8 Å². The zero-order valence-corrected chi connectivity index (χ0v) is 8.38. The average molecular weight is 199 g/mol. The van der Waals surface area contributed by atoms with E-state index < -0.39 is 11.9 Å². The van der Waals surface area contributed by atoms with Crippen LogP contribution < -0.4 is 16.4 Å².